The number of hydrogen-bond acceptors (Lipinski definition) is 6. The van der Waals surface area contributed by atoms with Crippen LogP contribution in [0.25, 0.3) is 11.1 Å². The molecular weight excluding hydrogens is 404 g/mol. The normalized spacial score (nSPS) is 16.2. The fourth-order valence-corrected chi connectivity index (χ4v) is 3.99. The maximum absolute atomic E-state index is 12.7. The van der Waals surface area contributed by atoms with Crippen molar-refractivity contribution in [2.75, 3.05) is 43.4 Å². The molecule has 0 aliphatic carbocycles. The molecule has 1 fully saturated rings. The molecule has 0 unspecified atom stereocenters. The first-order valence-electron chi connectivity index (χ1n) is 11.2. The summed E-state index contributed by atoms with van der Waals surface area (Å²) in [4.78, 5) is 36.4. The van der Waals surface area contributed by atoms with Gasteiger partial charge in [-0.2, -0.15) is 0 Å². The summed E-state index contributed by atoms with van der Waals surface area (Å²) >= 11 is 0. The van der Waals surface area contributed by atoms with Gasteiger partial charge in [-0.05, 0) is 37.1 Å². The second-order valence-electron chi connectivity index (χ2n) is 8.26. The fraction of sp³-hybridized carbons (Fsp3) is 0.458. The topological polar surface area (TPSA) is 93.4 Å². The molecule has 8 heteroatoms. The van der Waals surface area contributed by atoms with E-state index in [1.54, 1.807) is 18.5 Å². The van der Waals surface area contributed by atoms with Crippen LogP contribution in [-0.2, 0) is 4.79 Å². The third-order valence-corrected chi connectivity index (χ3v) is 5.70. The lowest BCUT2D eigenvalue weighted by Gasteiger charge is -2.29. The van der Waals surface area contributed by atoms with Crippen molar-refractivity contribution < 1.29 is 4.79 Å². The van der Waals surface area contributed by atoms with E-state index in [1.807, 2.05) is 43.1 Å². The van der Waals surface area contributed by atoms with E-state index < -0.39 is 0 Å². The van der Waals surface area contributed by atoms with E-state index in [1.165, 1.54) is 0 Å². The summed E-state index contributed by atoms with van der Waals surface area (Å²) in [5.74, 6) is 0.789. The Balaban J connectivity index is 1.74. The van der Waals surface area contributed by atoms with Crippen LogP contribution in [0.15, 0.2) is 47.5 Å². The van der Waals surface area contributed by atoms with Gasteiger partial charge in [-0.15, -0.1) is 0 Å². The molecule has 0 radical (unpaired) electrons. The van der Waals surface area contributed by atoms with E-state index in [9.17, 15) is 9.59 Å². The van der Waals surface area contributed by atoms with Gasteiger partial charge in [0.15, 0.2) is 0 Å². The van der Waals surface area contributed by atoms with Crippen LogP contribution in [0.1, 0.15) is 27.2 Å². The second-order valence-corrected chi connectivity index (χ2v) is 8.26. The molecule has 172 valence electrons. The van der Waals surface area contributed by atoms with Crippen LogP contribution in [0.3, 0.4) is 0 Å². The van der Waals surface area contributed by atoms with E-state index >= 15 is 0 Å². The minimum absolute atomic E-state index is 0.0214. The molecule has 0 saturated carbocycles. The highest BCUT2D eigenvalue weighted by Crippen LogP contribution is 2.26. The third-order valence-electron chi connectivity index (χ3n) is 5.70. The number of nitrogens with one attached hydrogen (secondary N) is 3. The maximum atomic E-state index is 12.7. The zero-order valence-corrected chi connectivity index (χ0v) is 19.4. The molecule has 3 N–H and O–H groups in total. The van der Waals surface area contributed by atoms with Gasteiger partial charge >= 0.3 is 0 Å². The highest BCUT2D eigenvalue weighted by atomic mass is 16.2. The third kappa shape index (κ3) is 5.76. The Kier molecular flexibility index (Phi) is 8.05. The Hall–Kier alpha value is -3.13. The summed E-state index contributed by atoms with van der Waals surface area (Å²) in [7, 11) is 1.83. The van der Waals surface area contributed by atoms with E-state index in [0.717, 1.165) is 23.4 Å². The Morgan fingerprint density at radius 1 is 1.38 bits per heavy atom. The van der Waals surface area contributed by atoms with Crippen molar-refractivity contribution in [3.8, 4) is 11.1 Å². The number of hydrogen-bond donors (Lipinski definition) is 3. The van der Waals surface area contributed by atoms with E-state index in [-0.39, 0.29) is 17.5 Å². The van der Waals surface area contributed by atoms with Gasteiger partial charge < -0.3 is 25.4 Å². The highest BCUT2D eigenvalue weighted by molar-refractivity contribution is 5.88. The van der Waals surface area contributed by atoms with Gasteiger partial charge in [0.1, 0.15) is 11.5 Å². The van der Waals surface area contributed by atoms with Gasteiger partial charge in [-0.3, -0.25) is 9.59 Å². The lowest BCUT2D eigenvalue weighted by molar-refractivity contribution is -0.125. The first-order valence-corrected chi connectivity index (χ1v) is 11.2. The Bertz CT molecular complexity index is 1000. The molecular formula is C24H34N6O2. The molecule has 1 aliphatic rings. The smallest absolute Gasteiger partial charge is 0.271 e. The average molecular weight is 439 g/mol. The van der Waals surface area contributed by atoms with Crippen LogP contribution in [-0.4, -0.2) is 66.1 Å². The molecule has 2 aromatic rings. The minimum atomic E-state index is -0.122. The Morgan fingerprint density at radius 3 is 2.91 bits per heavy atom. The number of aromatic amines is 1. The molecule has 32 heavy (non-hydrogen) atoms. The van der Waals surface area contributed by atoms with Gasteiger partial charge in [0.05, 0.1) is 0 Å². The van der Waals surface area contributed by atoms with Crippen LogP contribution >= 0.6 is 0 Å². The van der Waals surface area contributed by atoms with Gasteiger partial charge in [0.25, 0.3) is 5.56 Å². The number of nitrogens with zero attached hydrogens (tertiary/aromatic N) is 3. The minimum Gasteiger partial charge on any atom is -0.373 e. The Morgan fingerprint density at radius 2 is 2.19 bits per heavy atom. The number of aromatic nitrogens is 2. The van der Waals surface area contributed by atoms with Gasteiger partial charge in [-0.25, -0.2) is 4.98 Å². The number of amides is 1. The van der Waals surface area contributed by atoms with E-state index in [2.05, 4.69) is 39.3 Å². The molecule has 0 spiro atoms. The summed E-state index contributed by atoms with van der Waals surface area (Å²) in [6, 6.07) is 6.29. The van der Waals surface area contributed by atoms with Crippen LogP contribution in [0, 0.1) is 0 Å². The number of pyridine rings is 2. The monoisotopic (exact) mass is 438 g/mol. The molecule has 0 bridgehead atoms. The predicted octanol–water partition coefficient (Wildman–Crippen LogP) is 2.46. The summed E-state index contributed by atoms with van der Waals surface area (Å²) in [5, 5.41) is 6.31. The molecule has 0 aromatic carbocycles. The SMILES string of the molecule is CCN(c1cc(-c2ccnc(NC)c2)c[nH]c1=O)[C@@H]1CCN(C(=O)/C=C/CNC(C)C)C1. The molecule has 2 aromatic heterocycles. The molecule has 1 aliphatic heterocycles. The number of carbonyl (C=O) groups is 1. The average Bonchev–Trinajstić information content (AvgIpc) is 3.28. The first kappa shape index (κ1) is 23.5. The highest BCUT2D eigenvalue weighted by Gasteiger charge is 2.30. The first-order chi connectivity index (χ1) is 15.4. The standard InChI is InChI=1S/C24H34N6O2/c1-5-30(20-9-12-29(16-20)23(31)7-6-10-26-17(2)3)21-13-19(15-28-24(21)32)18-8-11-27-22(14-18)25-4/h6-8,11,13-15,17,20,26H,5,9-10,12,16H2,1-4H3,(H,25,27)(H,28,32)/b7-6+/t20-/m1/s1. The lowest BCUT2D eigenvalue weighted by Crippen LogP contribution is -2.41. The maximum Gasteiger partial charge on any atom is 0.271 e. The van der Waals surface area contributed by atoms with Crippen molar-refractivity contribution in [1.82, 2.24) is 20.2 Å². The zero-order valence-electron chi connectivity index (χ0n) is 19.4. The van der Waals surface area contributed by atoms with Gasteiger partial charge in [-0.1, -0.05) is 19.9 Å². The molecule has 3 rings (SSSR count). The lowest BCUT2D eigenvalue weighted by atomic mass is 10.1. The summed E-state index contributed by atoms with van der Waals surface area (Å²) in [6.07, 6.45) is 7.82. The van der Waals surface area contributed by atoms with Crippen LogP contribution in [0.4, 0.5) is 11.5 Å². The molecule has 1 amide bonds. The number of rotatable bonds is 9. The van der Waals surface area contributed by atoms with Crippen molar-refractivity contribution in [1.29, 1.82) is 0 Å². The summed E-state index contributed by atoms with van der Waals surface area (Å²) in [6.45, 7) is 8.85. The Labute approximate surface area is 189 Å². The van der Waals surface area contributed by atoms with Crippen molar-refractivity contribution in [2.45, 2.75) is 39.3 Å². The van der Waals surface area contributed by atoms with E-state index in [4.69, 9.17) is 0 Å². The molecule has 1 atom stereocenters. The van der Waals surface area contributed by atoms with Gasteiger partial charge in [0.2, 0.25) is 5.91 Å². The summed E-state index contributed by atoms with van der Waals surface area (Å²) in [5.41, 5.74) is 2.40. The number of anilines is 2. The van der Waals surface area contributed by atoms with Crippen molar-refractivity contribution in [2.24, 2.45) is 0 Å². The quantitative estimate of drug-likeness (QED) is 0.521. The van der Waals surface area contributed by atoms with Crippen LogP contribution < -0.4 is 21.1 Å². The van der Waals surface area contributed by atoms with Crippen LogP contribution in [0.2, 0.25) is 0 Å². The van der Waals surface area contributed by atoms with Crippen molar-refractivity contribution in [3.05, 3.63) is 53.1 Å². The van der Waals surface area contributed by atoms with Crippen molar-refractivity contribution in [3.63, 3.8) is 0 Å². The number of likely N-dealkylation sites (N-methyl/N-ethyl adjacent to an activating group) is 1. The fourth-order valence-electron chi connectivity index (χ4n) is 3.99. The second kappa shape index (κ2) is 10.9. The number of H-pyrrole nitrogens is 1. The largest absolute Gasteiger partial charge is 0.373 e. The van der Waals surface area contributed by atoms with Crippen molar-refractivity contribution >= 4 is 17.4 Å². The molecule has 3 heterocycles. The molecule has 8 nitrogen and oxygen atoms in total. The predicted molar refractivity (Wildman–Crippen MR) is 130 cm³/mol. The summed E-state index contributed by atoms with van der Waals surface area (Å²) < 4.78 is 0. The van der Waals surface area contributed by atoms with Gasteiger partial charge in [0, 0.05) is 69.3 Å². The molecule has 1 saturated heterocycles. The zero-order chi connectivity index (χ0) is 23.1. The van der Waals surface area contributed by atoms with E-state index in [0.29, 0.717) is 37.9 Å². The number of carbonyl (C=O) groups excluding carboxylic acids is 1. The number of likely N-dealkylation sites (tertiary alicyclic amines) is 1. The van der Waals surface area contributed by atoms with Crippen LogP contribution in [0.5, 0.6) is 0 Å².